The van der Waals surface area contributed by atoms with E-state index in [9.17, 15) is 84.8 Å². The lowest BCUT2D eigenvalue weighted by Gasteiger charge is -2.42. The van der Waals surface area contributed by atoms with Crippen molar-refractivity contribution in [2.24, 2.45) is 0 Å². The zero-order valence-corrected chi connectivity index (χ0v) is 30.6. The molecule has 0 fully saturated rings. The first-order valence-corrected chi connectivity index (χ1v) is 18.0. The van der Waals surface area contributed by atoms with E-state index >= 15 is 0 Å². The maximum absolute atomic E-state index is 14.3. The molecule has 0 amide bonds. The van der Waals surface area contributed by atoms with Gasteiger partial charge in [0.2, 0.25) is 0 Å². The molecule has 0 aliphatic rings. The third-order valence-corrected chi connectivity index (χ3v) is 10.8. The Bertz CT molecular complexity index is 1420. The van der Waals surface area contributed by atoms with Gasteiger partial charge in [0.1, 0.15) is 0 Å². The molecule has 1 aromatic rings. The molecule has 0 N–H and O–H groups in total. The maximum atomic E-state index is 14.3. The number of hydrogen-bond donors (Lipinski definition) is 0. The molecule has 0 bridgehead atoms. The van der Waals surface area contributed by atoms with Crippen LogP contribution in [0, 0.1) is 10.1 Å². The van der Waals surface area contributed by atoms with Gasteiger partial charge in [0.05, 0.1) is 36.9 Å². The Morgan fingerprint density at radius 3 is 1.52 bits per heavy atom. The van der Waals surface area contributed by atoms with Crippen LogP contribution in [0.2, 0.25) is 6.04 Å². The lowest BCUT2D eigenvalue weighted by atomic mass is 9.88. The number of ether oxygens (including phenoxy) is 3. The first-order chi connectivity index (χ1) is 25.4. The minimum atomic E-state index is -8.72. The molecule has 0 atom stereocenters. The van der Waals surface area contributed by atoms with Crippen LogP contribution in [-0.4, -0.2) is 102 Å². The summed E-state index contributed by atoms with van der Waals surface area (Å²) in [6.45, 7) is 4.59. The van der Waals surface area contributed by atoms with Gasteiger partial charge in [-0.1, -0.05) is 0 Å². The van der Waals surface area contributed by atoms with Crippen LogP contribution in [0.4, 0.5) is 80.3 Å². The second-order valence-corrected chi connectivity index (χ2v) is 14.2. The summed E-state index contributed by atoms with van der Waals surface area (Å²) in [5, 5.41) is 11.7. The molecule has 0 aliphatic carbocycles. The highest BCUT2D eigenvalue weighted by Gasteiger charge is 2.95. The van der Waals surface area contributed by atoms with Crippen molar-refractivity contribution in [1.29, 1.82) is 0 Å². The molecule has 1 aromatic carbocycles. The standard InChI is InChI=1S/C29H36F17NO8Si/c1-5-53-56(54-6-2,55-7-3)14-9-8-12-51-17-18-15-20(50-4)21(16-19(18)47(48)49)52-13-10-11-22(30,31)23(32,33)24(34,35)25(36,37)26(38,39)27(40,41)28(42,43)29(44,45)46/h15-16H,5-14,17H2,1-4H3. The van der Waals surface area contributed by atoms with Crippen LogP contribution in [0.15, 0.2) is 12.1 Å². The van der Waals surface area contributed by atoms with Crippen molar-refractivity contribution in [3.05, 3.63) is 27.8 Å². The normalized spacial score (nSPS) is 14.3. The van der Waals surface area contributed by atoms with Gasteiger partial charge in [0, 0.05) is 38.9 Å². The first-order valence-electron chi connectivity index (χ1n) is 16.0. The van der Waals surface area contributed by atoms with Crippen molar-refractivity contribution in [2.45, 2.75) is 107 Å². The summed E-state index contributed by atoms with van der Waals surface area (Å²) in [5.41, 5.74) is -0.894. The van der Waals surface area contributed by atoms with Crippen molar-refractivity contribution in [3.8, 4) is 11.5 Å². The molecule has 0 spiro atoms. The van der Waals surface area contributed by atoms with E-state index in [4.69, 9.17) is 27.5 Å². The van der Waals surface area contributed by atoms with Crippen LogP contribution in [-0.2, 0) is 24.6 Å². The molecule has 328 valence electrons. The van der Waals surface area contributed by atoms with Crippen molar-refractivity contribution in [1.82, 2.24) is 0 Å². The number of nitrogens with zero attached hydrogens (tertiary/aromatic N) is 1. The molecule has 0 heterocycles. The van der Waals surface area contributed by atoms with E-state index in [0.29, 0.717) is 44.8 Å². The summed E-state index contributed by atoms with van der Waals surface area (Å²) in [5.74, 6) is -58.1. The predicted octanol–water partition coefficient (Wildman–Crippen LogP) is 10.1. The van der Waals surface area contributed by atoms with Crippen LogP contribution in [0.5, 0.6) is 11.5 Å². The summed E-state index contributed by atoms with van der Waals surface area (Å²) in [4.78, 5) is 10.7. The largest absolute Gasteiger partial charge is 0.500 e. The van der Waals surface area contributed by atoms with Gasteiger partial charge in [-0.25, -0.2) is 0 Å². The van der Waals surface area contributed by atoms with E-state index in [0.717, 1.165) is 13.2 Å². The molecule has 0 aliphatic heterocycles. The van der Waals surface area contributed by atoms with Crippen molar-refractivity contribution in [3.63, 3.8) is 0 Å². The number of benzene rings is 1. The topological polar surface area (TPSA) is 98.5 Å². The second kappa shape index (κ2) is 18.8. The molecule has 0 aromatic heterocycles. The van der Waals surface area contributed by atoms with E-state index in [-0.39, 0.29) is 12.2 Å². The van der Waals surface area contributed by atoms with Crippen molar-refractivity contribution >= 4 is 14.5 Å². The van der Waals surface area contributed by atoms with E-state index in [1.54, 1.807) is 20.8 Å². The number of hydrogen-bond acceptors (Lipinski definition) is 8. The van der Waals surface area contributed by atoms with Crippen LogP contribution < -0.4 is 9.47 Å². The highest BCUT2D eigenvalue weighted by Crippen LogP contribution is 2.64. The second-order valence-electron chi connectivity index (χ2n) is 11.5. The van der Waals surface area contributed by atoms with Crippen LogP contribution in [0.3, 0.4) is 0 Å². The number of unbranched alkanes of at least 4 members (excludes halogenated alkanes) is 1. The highest BCUT2D eigenvalue weighted by molar-refractivity contribution is 6.60. The Labute approximate surface area is 308 Å². The van der Waals surface area contributed by atoms with Gasteiger partial charge in [-0.05, 0) is 46.1 Å². The number of rotatable bonds is 26. The Morgan fingerprint density at radius 2 is 1.09 bits per heavy atom. The summed E-state index contributed by atoms with van der Waals surface area (Å²) in [6, 6.07) is 2.02. The minimum Gasteiger partial charge on any atom is -0.493 e. The van der Waals surface area contributed by atoms with Gasteiger partial charge in [0.25, 0.3) is 5.69 Å². The monoisotopic (exact) mass is 877 g/mol. The van der Waals surface area contributed by atoms with Crippen LogP contribution in [0.25, 0.3) is 0 Å². The quantitative estimate of drug-likeness (QED) is 0.0298. The van der Waals surface area contributed by atoms with Crippen molar-refractivity contribution in [2.75, 3.05) is 40.1 Å². The molecule has 0 saturated heterocycles. The van der Waals surface area contributed by atoms with Gasteiger partial charge < -0.3 is 27.5 Å². The van der Waals surface area contributed by atoms with E-state index < -0.39 is 105 Å². The average molecular weight is 878 g/mol. The third-order valence-electron chi connectivity index (χ3n) is 7.61. The lowest BCUT2D eigenvalue weighted by molar-refractivity contribution is -0.461. The molecular formula is C29H36F17NO8Si. The Kier molecular flexibility index (Phi) is 17.1. The van der Waals surface area contributed by atoms with Crippen molar-refractivity contribution < 1.29 is 107 Å². The van der Waals surface area contributed by atoms with Crippen LogP contribution >= 0.6 is 0 Å². The lowest BCUT2D eigenvalue weighted by Crippen LogP contribution is -2.74. The van der Waals surface area contributed by atoms with Gasteiger partial charge in [-0.2, -0.15) is 74.6 Å². The number of halogens is 17. The number of nitro groups is 1. The minimum absolute atomic E-state index is 0.0521. The van der Waals surface area contributed by atoms with E-state index in [2.05, 4.69) is 0 Å². The molecular weight excluding hydrogens is 841 g/mol. The fourth-order valence-electron chi connectivity index (χ4n) is 4.71. The zero-order chi connectivity index (χ0) is 43.8. The molecule has 9 nitrogen and oxygen atoms in total. The molecule has 27 heteroatoms. The third kappa shape index (κ3) is 10.2. The molecule has 56 heavy (non-hydrogen) atoms. The first kappa shape index (κ1) is 51.1. The fourth-order valence-corrected chi connectivity index (χ4v) is 7.39. The van der Waals surface area contributed by atoms with E-state index in [1.165, 1.54) is 0 Å². The van der Waals surface area contributed by atoms with Gasteiger partial charge >= 0.3 is 56.4 Å². The molecule has 0 radical (unpaired) electrons. The maximum Gasteiger partial charge on any atom is 0.500 e. The van der Waals surface area contributed by atoms with E-state index in [1.807, 2.05) is 0 Å². The molecule has 0 saturated carbocycles. The van der Waals surface area contributed by atoms with Crippen LogP contribution in [0.1, 0.15) is 52.0 Å². The van der Waals surface area contributed by atoms with Gasteiger partial charge in [0.15, 0.2) is 11.5 Å². The number of alkyl halides is 17. The van der Waals surface area contributed by atoms with Gasteiger partial charge in [-0.3, -0.25) is 10.1 Å². The Balaban J connectivity index is 3.10. The Morgan fingerprint density at radius 1 is 0.625 bits per heavy atom. The average Bonchev–Trinajstić information content (AvgIpc) is 3.07. The smallest absolute Gasteiger partial charge is 0.493 e. The summed E-state index contributed by atoms with van der Waals surface area (Å²) in [7, 11) is -2.00. The highest BCUT2D eigenvalue weighted by atomic mass is 28.4. The molecule has 1 rings (SSSR count). The summed E-state index contributed by atoms with van der Waals surface area (Å²) in [6.07, 6.45) is -11.3. The van der Waals surface area contributed by atoms with Gasteiger partial charge in [-0.15, -0.1) is 0 Å². The number of nitro benzene ring substituents is 1. The Hall–Kier alpha value is -2.91. The number of methoxy groups -OCH3 is 1. The zero-order valence-electron chi connectivity index (χ0n) is 29.6. The summed E-state index contributed by atoms with van der Waals surface area (Å²) < 4.78 is 262. The fraction of sp³-hybridized carbons (Fsp3) is 0.793. The molecule has 0 unspecified atom stereocenters. The predicted molar refractivity (Wildman–Crippen MR) is 159 cm³/mol. The summed E-state index contributed by atoms with van der Waals surface area (Å²) >= 11 is 0. The SMILES string of the molecule is CCO[Si](CCCCOCc1cc(OC)c(OCCCC(F)(F)C(F)(F)C(F)(F)C(F)(F)C(F)(F)C(F)(F)C(F)(F)C(F)(F)F)cc1[N+](=O)[O-])(OCC)OCC.